The van der Waals surface area contributed by atoms with Gasteiger partial charge in [-0.2, -0.15) is 0 Å². The van der Waals surface area contributed by atoms with Gasteiger partial charge in [0.2, 0.25) is 5.76 Å². The quantitative estimate of drug-likeness (QED) is 0.779. The molecule has 1 amide bonds. The summed E-state index contributed by atoms with van der Waals surface area (Å²) in [5.41, 5.74) is 2.36. The number of hydrogen-bond donors (Lipinski definition) is 1. The van der Waals surface area contributed by atoms with Gasteiger partial charge in [0.25, 0.3) is 5.88 Å². The van der Waals surface area contributed by atoms with E-state index in [-0.39, 0.29) is 5.88 Å². The van der Waals surface area contributed by atoms with Crippen molar-refractivity contribution in [2.75, 3.05) is 6.54 Å². The summed E-state index contributed by atoms with van der Waals surface area (Å²) < 4.78 is 15.3. The van der Waals surface area contributed by atoms with Crippen LogP contribution in [0.15, 0.2) is 57.7 Å². The summed E-state index contributed by atoms with van der Waals surface area (Å²) in [4.78, 5) is 11.7. The van der Waals surface area contributed by atoms with Crippen molar-refractivity contribution in [3.63, 3.8) is 0 Å². The van der Waals surface area contributed by atoms with Gasteiger partial charge in [-0.3, -0.25) is 0 Å². The molecule has 0 radical (unpaired) electrons. The number of nitrogens with zero attached hydrogens (tertiary/aromatic N) is 1. The molecular formula is C17H16N2O4. The lowest BCUT2D eigenvalue weighted by atomic mass is 10.1. The molecule has 1 aromatic carbocycles. The first-order chi connectivity index (χ1) is 11.2. The van der Waals surface area contributed by atoms with E-state index in [4.69, 9.17) is 13.7 Å². The number of carbonyl (C=O) groups excluding carboxylic acids is 1. The Balaban J connectivity index is 1.47. The molecule has 0 aliphatic heterocycles. The van der Waals surface area contributed by atoms with Gasteiger partial charge < -0.3 is 19.0 Å². The molecule has 0 unspecified atom stereocenters. The maximum Gasteiger partial charge on any atom is 0.414 e. The van der Waals surface area contributed by atoms with Crippen LogP contribution in [0.3, 0.4) is 0 Å². The van der Waals surface area contributed by atoms with Gasteiger partial charge >= 0.3 is 6.09 Å². The molecule has 0 atom stereocenters. The predicted molar refractivity (Wildman–Crippen MR) is 83.1 cm³/mol. The molecule has 6 heteroatoms. The van der Waals surface area contributed by atoms with Crippen LogP contribution in [0.1, 0.15) is 11.1 Å². The Hall–Kier alpha value is -3.02. The summed E-state index contributed by atoms with van der Waals surface area (Å²) in [5, 5.41) is 6.34. The van der Waals surface area contributed by atoms with Crippen molar-refractivity contribution >= 4 is 6.09 Å². The van der Waals surface area contributed by atoms with Crippen LogP contribution in [0, 0.1) is 6.92 Å². The summed E-state index contributed by atoms with van der Waals surface area (Å²) in [6.45, 7) is 2.51. The first-order valence-corrected chi connectivity index (χ1v) is 7.22. The summed E-state index contributed by atoms with van der Waals surface area (Å²) in [6, 6.07) is 13.1. The highest BCUT2D eigenvalue weighted by molar-refractivity contribution is 5.70. The minimum absolute atomic E-state index is 0.0873. The number of benzene rings is 1. The monoisotopic (exact) mass is 312 g/mol. The molecule has 0 fully saturated rings. The number of hydrogen-bond acceptors (Lipinski definition) is 5. The predicted octanol–water partition coefficient (Wildman–Crippen LogP) is 3.57. The molecule has 3 aromatic rings. The van der Waals surface area contributed by atoms with Crippen LogP contribution in [0.2, 0.25) is 0 Å². The molecule has 118 valence electrons. The molecule has 0 saturated heterocycles. The van der Waals surface area contributed by atoms with Crippen LogP contribution < -0.4 is 10.1 Å². The Bertz CT molecular complexity index is 760. The molecule has 1 N–H and O–H groups in total. The van der Waals surface area contributed by atoms with E-state index in [0.29, 0.717) is 18.1 Å². The van der Waals surface area contributed by atoms with Crippen molar-refractivity contribution in [3.05, 3.63) is 59.9 Å². The highest BCUT2D eigenvalue weighted by Gasteiger charge is 2.12. The first-order valence-electron chi connectivity index (χ1n) is 7.22. The topological polar surface area (TPSA) is 77.5 Å². The number of aryl methyl sites for hydroxylation is 1. The van der Waals surface area contributed by atoms with Gasteiger partial charge in [0.15, 0.2) is 5.76 Å². The van der Waals surface area contributed by atoms with Crippen molar-refractivity contribution in [1.82, 2.24) is 10.5 Å². The van der Waals surface area contributed by atoms with Gasteiger partial charge in [-0.1, -0.05) is 29.8 Å². The number of furan rings is 1. The largest absolute Gasteiger partial charge is 0.461 e. The lowest BCUT2D eigenvalue weighted by Crippen LogP contribution is -2.28. The molecule has 3 rings (SSSR count). The van der Waals surface area contributed by atoms with E-state index < -0.39 is 6.09 Å². The fourth-order valence-electron chi connectivity index (χ4n) is 2.04. The third kappa shape index (κ3) is 4.00. The van der Waals surface area contributed by atoms with E-state index in [2.05, 4.69) is 10.5 Å². The molecule has 0 saturated carbocycles. The minimum atomic E-state index is -0.573. The summed E-state index contributed by atoms with van der Waals surface area (Å²) in [7, 11) is 0. The van der Waals surface area contributed by atoms with Crippen molar-refractivity contribution < 1.29 is 18.5 Å². The molecule has 2 aromatic heterocycles. The smallest absolute Gasteiger partial charge is 0.414 e. The number of ether oxygens (including phenoxy) is 1. The van der Waals surface area contributed by atoms with E-state index in [9.17, 15) is 4.79 Å². The lowest BCUT2D eigenvalue weighted by molar-refractivity contribution is 0.196. The number of amides is 1. The number of nitrogens with one attached hydrogen (secondary N) is 1. The second kappa shape index (κ2) is 6.83. The van der Waals surface area contributed by atoms with E-state index in [1.54, 1.807) is 12.1 Å². The van der Waals surface area contributed by atoms with Crippen molar-refractivity contribution in [2.45, 2.75) is 13.3 Å². The van der Waals surface area contributed by atoms with Gasteiger partial charge in [0, 0.05) is 6.54 Å². The van der Waals surface area contributed by atoms with Crippen LogP contribution in [-0.2, 0) is 6.42 Å². The Morgan fingerprint density at radius 2 is 2.04 bits per heavy atom. The molecule has 0 aliphatic carbocycles. The second-order valence-electron chi connectivity index (χ2n) is 5.06. The van der Waals surface area contributed by atoms with E-state index in [0.717, 1.165) is 12.0 Å². The first kappa shape index (κ1) is 14.9. The van der Waals surface area contributed by atoms with Crippen LogP contribution in [0.25, 0.3) is 11.5 Å². The van der Waals surface area contributed by atoms with Crippen molar-refractivity contribution in [3.8, 4) is 17.4 Å². The van der Waals surface area contributed by atoms with Gasteiger partial charge in [0.05, 0.1) is 12.3 Å². The SMILES string of the molecule is Cc1ccc(CCNC(=O)Oc2cc(-c3ccco3)on2)cc1. The average molecular weight is 312 g/mol. The standard InChI is InChI=1S/C17H16N2O4/c1-12-4-6-13(7-5-12)8-9-18-17(20)22-16-11-15(23-19-16)14-3-2-10-21-14/h2-7,10-11H,8-9H2,1H3,(H,18,20). The summed E-state index contributed by atoms with van der Waals surface area (Å²) >= 11 is 0. The highest BCUT2D eigenvalue weighted by atomic mass is 16.6. The number of rotatable bonds is 5. The molecule has 2 heterocycles. The fourth-order valence-corrected chi connectivity index (χ4v) is 2.04. The van der Waals surface area contributed by atoms with Gasteiger partial charge in [-0.25, -0.2) is 4.79 Å². The zero-order valence-electron chi connectivity index (χ0n) is 12.6. The number of carbonyl (C=O) groups is 1. The molecule has 0 aliphatic rings. The third-order valence-electron chi connectivity index (χ3n) is 3.25. The lowest BCUT2D eigenvalue weighted by Gasteiger charge is -2.04. The molecule has 0 bridgehead atoms. The number of aromatic nitrogens is 1. The van der Waals surface area contributed by atoms with Crippen LogP contribution in [0.4, 0.5) is 4.79 Å². The molecular weight excluding hydrogens is 296 g/mol. The van der Waals surface area contributed by atoms with Crippen molar-refractivity contribution in [1.29, 1.82) is 0 Å². The summed E-state index contributed by atoms with van der Waals surface area (Å²) in [6.07, 6.45) is 1.68. The maximum absolute atomic E-state index is 11.7. The van der Waals surface area contributed by atoms with Crippen LogP contribution in [0.5, 0.6) is 5.88 Å². The van der Waals surface area contributed by atoms with Crippen LogP contribution >= 0.6 is 0 Å². The summed E-state index contributed by atoms with van der Waals surface area (Å²) in [5.74, 6) is 1.01. The molecule has 23 heavy (non-hydrogen) atoms. The van der Waals surface area contributed by atoms with Gasteiger partial charge in [-0.15, -0.1) is 0 Å². The molecule has 0 spiro atoms. The van der Waals surface area contributed by atoms with Crippen LogP contribution in [-0.4, -0.2) is 17.8 Å². The third-order valence-corrected chi connectivity index (χ3v) is 3.25. The second-order valence-corrected chi connectivity index (χ2v) is 5.06. The average Bonchev–Trinajstić information content (AvgIpc) is 3.20. The highest BCUT2D eigenvalue weighted by Crippen LogP contribution is 2.23. The fraction of sp³-hybridized carbons (Fsp3) is 0.176. The van der Waals surface area contributed by atoms with Gasteiger partial charge in [-0.05, 0) is 36.2 Å². The Kier molecular flexibility index (Phi) is 4.42. The zero-order valence-corrected chi connectivity index (χ0v) is 12.6. The minimum Gasteiger partial charge on any atom is -0.461 e. The Morgan fingerprint density at radius 1 is 1.22 bits per heavy atom. The van der Waals surface area contributed by atoms with E-state index >= 15 is 0 Å². The Morgan fingerprint density at radius 3 is 2.78 bits per heavy atom. The van der Waals surface area contributed by atoms with E-state index in [1.807, 2.05) is 31.2 Å². The normalized spacial score (nSPS) is 10.5. The maximum atomic E-state index is 11.7. The van der Waals surface area contributed by atoms with Crippen molar-refractivity contribution in [2.24, 2.45) is 0 Å². The molecule has 6 nitrogen and oxygen atoms in total. The zero-order chi connectivity index (χ0) is 16.1. The Labute approximate surface area is 133 Å². The van der Waals surface area contributed by atoms with E-state index in [1.165, 1.54) is 17.9 Å². The van der Waals surface area contributed by atoms with Gasteiger partial charge in [0.1, 0.15) is 0 Å².